The van der Waals surface area contributed by atoms with Gasteiger partial charge in [-0.2, -0.15) is 0 Å². The molecule has 24 heavy (non-hydrogen) atoms. The second-order valence-electron chi connectivity index (χ2n) is 5.66. The molecule has 1 aliphatic carbocycles. The summed E-state index contributed by atoms with van der Waals surface area (Å²) in [4.78, 5) is 30.1. The van der Waals surface area contributed by atoms with Gasteiger partial charge in [-0.25, -0.2) is 19.3 Å². The fraction of sp³-hybridized carbons (Fsp3) is 0.462. The Morgan fingerprint density at radius 1 is 1.50 bits per heavy atom. The summed E-state index contributed by atoms with van der Waals surface area (Å²) >= 11 is 0. The van der Waals surface area contributed by atoms with Crippen LogP contribution in [-0.2, 0) is 9.30 Å². The van der Waals surface area contributed by atoms with Crippen LogP contribution in [0.3, 0.4) is 0 Å². The first kappa shape index (κ1) is 17.0. The number of imidazole rings is 1. The van der Waals surface area contributed by atoms with E-state index in [1.165, 1.54) is 18.7 Å². The molecule has 2 heterocycles. The van der Waals surface area contributed by atoms with Gasteiger partial charge in [-0.1, -0.05) is 6.92 Å². The van der Waals surface area contributed by atoms with Crippen LogP contribution in [0.15, 0.2) is 24.6 Å². The largest absolute Gasteiger partial charge is 0.382 e. The number of aromatic nitrogens is 4. The number of halogens is 1. The van der Waals surface area contributed by atoms with E-state index < -0.39 is 31.4 Å². The van der Waals surface area contributed by atoms with Crippen LogP contribution < -0.4 is 5.73 Å². The molecule has 0 unspecified atom stereocenters. The van der Waals surface area contributed by atoms with Crippen molar-refractivity contribution >= 4 is 24.6 Å². The zero-order chi connectivity index (χ0) is 17.5. The quantitative estimate of drug-likeness (QED) is 0.685. The highest BCUT2D eigenvalue weighted by atomic mass is 31.2. The minimum Gasteiger partial charge on any atom is -0.382 e. The van der Waals surface area contributed by atoms with Crippen molar-refractivity contribution in [2.75, 3.05) is 12.1 Å². The third-order valence-corrected chi connectivity index (χ3v) is 4.60. The van der Waals surface area contributed by atoms with E-state index in [0.717, 1.165) is 0 Å². The number of rotatable bonds is 5. The first-order valence-electron chi connectivity index (χ1n) is 7.25. The summed E-state index contributed by atoms with van der Waals surface area (Å²) in [6.45, 7) is 1.70. The molecule has 0 spiro atoms. The van der Waals surface area contributed by atoms with Crippen molar-refractivity contribution in [2.45, 2.75) is 31.4 Å². The van der Waals surface area contributed by atoms with Crippen molar-refractivity contribution in [1.82, 2.24) is 19.5 Å². The zero-order valence-electron chi connectivity index (χ0n) is 12.8. The summed E-state index contributed by atoms with van der Waals surface area (Å²) in [5, 5.41) is 0. The summed E-state index contributed by atoms with van der Waals surface area (Å²) in [5.41, 5.74) is 5.24. The Balaban J connectivity index is 1.92. The van der Waals surface area contributed by atoms with E-state index in [9.17, 15) is 8.96 Å². The van der Waals surface area contributed by atoms with Gasteiger partial charge in [0.1, 0.15) is 29.6 Å². The second kappa shape index (κ2) is 5.89. The lowest BCUT2D eigenvalue weighted by atomic mass is 9.98. The fourth-order valence-corrected chi connectivity index (χ4v) is 3.27. The second-order valence-corrected chi connectivity index (χ2v) is 7.24. The van der Waals surface area contributed by atoms with Crippen LogP contribution in [0.1, 0.15) is 25.8 Å². The van der Waals surface area contributed by atoms with Crippen LogP contribution in [0.4, 0.5) is 10.2 Å². The lowest BCUT2D eigenvalue weighted by Gasteiger charge is -2.29. The molecule has 0 aliphatic heterocycles. The SMILES string of the molecule is CC[C@]1(OCP(=O)(O)O)C[C@@H](n2cnc3c(N)ncnc32)C=C1F. The monoisotopic (exact) mass is 357 g/mol. The number of hydrogen-bond donors (Lipinski definition) is 3. The van der Waals surface area contributed by atoms with Crippen LogP contribution in [0.2, 0.25) is 0 Å². The summed E-state index contributed by atoms with van der Waals surface area (Å²) in [5.74, 6) is -0.340. The van der Waals surface area contributed by atoms with E-state index in [1.807, 2.05) is 0 Å². The Morgan fingerprint density at radius 2 is 2.25 bits per heavy atom. The van der Waals surface area contributed by atoms with E-state index in [4.69, 9.17) is 20.3 Å². The van der Waals surface area contributed by atoms with Gasteiger partial charge in [0.05, 0.1) is 12.4 Å². The maximum Gasteiger partial charge on any atom is 0.351 e. The molecule has 9 nitrogen and oxygen atoms in total. The molecule has 3 rings (SSSR count). The van der Waals surface area contributed by atoms with Crippen LogP contribution in [0, 0.1) is 0 Å². The molecule has 130 valence electrons. The molecule has 0 aromatic carbocycles. The molecule has 2 aromatic heterocycles. The highest BCUT2D eigenvalue weighted by molar-refractivity contribution is 7.51. The minimum absolute atomic E-state index is 0.171. The maximum atomic E-state index is 14.5. The molecule has 0 radical (unpaired) electrons. The van der Waals surface area contributed by atoms with Crippen molar-refractivity contribution in [1.29, 1.82) is 0 Å². The Bertz CT molecular complexity index is 850. The summed E-state index contributed by atoms with van der Waals surface area (Å²) in [7, 11) is -4.40. The summed E-state index contributed by atoms with van der Waals surface area (Å²) < 4.78 is 32.5. The number of allylic oxidation sites excluding steroid dienone is 1. The van der Waals surface area contributed by atoms with Gasteiger partial charge in [-0.05, 0) is 12.5 Å². The highest BCUT2D eigenvalue weighted by Crippen LogP contribution is 2.46. The van der Waals surface area contributed by atoms with Crippen molar-refractivity contribution in [3.8, 4) is 0 Å². The third kappa shape index (κ3) is 2.93. The number of ether oxygens (including phenoxy) is 1. The normalized spacial score (nSPS) is 24.5. The van der Waals surface area contributed by atoms with Crippen LogP contribution in [0.5, 0.6) is 0 Å². The van der Waals surface area contributed by atoms with Crippen molar-refractivity contribution in [2.24, 2.45) is 0 Å². The molecule has 0 saturated carbocycles. The van der Waals surface area contributed by atoms with E-state index >= 15 is 0 Å². The van der Waals surface area contributed by atoms with Crippen molar-refractivity contribution in [3.05, 3.63) is 24.6 Å². The number of nitrogens with two attached hydrogens (primary N) is 1. The molecule has 0 bridgehead atoms. The van der Waals surface area contributed by atoms with Gasteiger partial charge >= 0.3 is 7.60 Å². The van der Waals surface area contributed by atoms with Crippen LogP contribution in [-0.4, -0.2) is 41.3 Å². The maximum absolute atomic E-state index is 14.5. The average molecular weight is 357 g/mol. The zero-order valence-corrected chi connectivity index (χ0v) is 13.7. The number of nitrogens with zero attached hydrogens (tertiary/aromatic N) is 4. The predicted molar refractivity (Wildman–Crippen MR) is 83.6 cm³/mol. The molecular formula is C13H17FN5O4P. The molecule has 4 N–H and O–H groups in total. The highest BCUT2D eigenvalue weighted by Gasteiger charge is 2.44. The standard InChI is InChI=1S/C13H17FN5O4P/c1-2-13(23-7-24(20,21)22)4-8(3-9(13)14)19-6-18-10-11(15)16-5-17-12(10)19/h3,5-6,8H,2,4,7H2,1H3,(H2,15,16,17)(H2,20,21,22)/t8-,13-/m0/s1. The van der Waals surface area contributed by atoms with Crippen molar-refractivity contribution < 1.29 is 23.5 Å². The Labute approximate surface area is 136 Å². The van der Waals surface area contributed by atoms with Gasteiger partial charge in [-0.3, -0.25) is 4.57 Å². The number of hydrogen-bond acceptors (Lipinski definition) is 6. The molecule has 0 fully saturated rings. The van der Waals surface area contributed by atoms with Crippen LogP contribution >= 0.6 is 7.60 Å². The van der Waals surface area contributed by atoms with Gasteiger partial charge in [0.15, 0.2) is 11.5 Å². The molecule has 2 aromatic rings. The molecular weight excluding hydrogens is 340 g/mol. The molecule has 0 saturated heterocycles. The van der Waals surface area contributed by atoms with Gasteiger partial charge < -0.3 is 24.8 Å². The van der Waals surface area contributed by atoms with Gasteiger partial charge in [0.2, 0.25) is 0 Å². The Kier molecular flexibility index (Phi) is 4.16. The predicted octanol–water partition coefficient (Wildman–Crippen LogP) is 1.51. The lowest BCUT2D eigenvalue weighted by Crippen LogP contribution is -2.32. The minimum atomic E-state index is -4.40. The Morgan fingerprint density at radius 3 is 2.92 bits per heavy atom. The average Bonchev–Trinajstić information content (AvgIpc) is 3.07. The smallest absolute Gasteiger partial charge is 0.351 e. The summed E-state index contributed by atoms with van der Waals surface area (Å²) in [6, 6.07) is -0.457. The van der Waals surface area contributed by atoms with Gasteiger partial charge in [0, 0.05) is 6.42 Å². The Hall–Kier alpha value is -1.87. The first-order valence-corrected chi connectivity index (χ1v) is 9.05. The van der Waals surface area contributed by atoms with E-state index in [2.05, 4.69) is 15.0 Å². The van der Waals surface area contributed by atoms with E-state index in [1.54, 1.807) is 11.5 Å². The summed E-state index contributed by atoms with van der Waals surface area (Å²) in [6.07, 6.45) is 3.69. The van der Waals surface area contributed by atoms with Crippen molar-refractivity contribution in [3.63, 3.8) is 0 Å². The van der Waals surface area contributed by atoms with Gasteiger partial charge in [0.25, 0.3) is 0 Å². The molecule has 0 amide bonds. The van der Waals surface area contributed by atoms with Crippen LogP contribution in [0.25, 0.3) is 11.2 Å². The molecule has 2 atom stereocenters. The first-order chi connectivity index (χ1) is 11.3. The molecule has 11 heteroatoms. The topological polar surface area (TPSA) is 136 Å². The number of nitrogen functional groups attached to an aromatic ring is 1. The van der Waals surface area contributed by atoms with E-state index in [-0.39, 0.29) is 18.7 Å². The van der Waals surface area contributed by atoms with Gasteiger partial charge in [-0.15, -0.1) is 0 Å². The number of fused-ring (bicyclic) bond motifs is 1. The number of anilines is 1. The fourth-order valence-electron chi connectivity index (χ4n) is 2.86. The third-order valence-electron chi connectivity index (χ3n) is 4.14. The lowest BCUT2D eigenvalue weighted by molar-refractivity contribution is -0.0196. The van der Waals surface area contributed by atoms with E-state index in [0.29, 0.717) is 11.2 Å². The molecule has 1 aliphatic rings.